The molecule has 22 heavy (non-hydrogen) atoms. The smallest absolute Gasteiger partial charge is 0.316 e. The molecule has 1 heterocycles. The van der Waals surface area contributed by atoms with Crippen molar-refractivity contribution in [3.63, 3.8) is 0 Å². The van der Waals surface area contributed by atoms with Crippen molar-refractivity contribution in [2.24, 2.45) is 22.9 Å². The summed E-state index contributed by atoms with van der Waals surface area (Å²) in [7, 11) is 3.04. The molecule has 124 valence electrons. The number of ether oxygens (including phenoxy) is 2. The number of nitrogens with zero attached hydrogens (tertiary/aromatic N) is 2. The Kier molecular flexibility index (Phi) is 5.94. The maximum atomic E-state index is 11.9. The SMILES string of the molecule is COC[C@@H]1CCCN1/N=C/[C@@H](C)[C@H]1CCC(=O)[C@@H]1C(=O)OC. The van der Waals surface area contributed by atoms with E-state index in [1.807, 2.05) is 13.1 Å². The van der Waals surface area contributed by atoms with Crippen LogP contribution in [0, 0.1) is 17.8 Å². The number of hydrogen-bond acceptors (Lipinski definition) is 6. The van der Waals surface area contributed by atoms with Crippen LogP contribution in [0.25, 0.3) is 0 Å². The summed E-state index contributed by atoms with van der Waals surface area (Å²) in [5, 5.41) is 6.64. The Morgan fingerprint density at radius 3 is 2.91 bits per heavy atom. The summed E-state index contributed by atoms with van der Waals surface area (Å²) in [6.45, 7) is 3.63. The van der Waals surface area contributed by atoms with Gasteiger partial charge in [0.2, 0.25) is 0 Å². The topological polar surface area (TPSA) is 68.2 Å². The van der Waals surface area contributed by atoms with Gasteiger partial charge in [-0.3, -0.25) is 14.6 Å². The Morgan fingerprint density at radius 1 is 1.45 bits per heavy atom. The van der Waals surface area contributed by atoms with E-state index in [-0.39, 0.29) is 17.6 Å². The van der Waals surface area contributed by atoms with Gasteiger partial charge in [-0.1, -0.05) is 6.92 Å². The van der Waals surface area contributed by atoms with E-state index in [1.54, 1.807) is 7.11 Å². The maximum Gasteiger partial charge on any atom is 0.316 e. The highest BCUT2D eigenvalue weighted by atomic mass is 16.5. The fraction of sp³-hybridized carbons (Fsp3) is 0.812. The number of methoxy groups -OCH3 is 2. The molecule has 0 aromatic rings. The van der Waals surface area contributed by atoms with Crippen molar-refractivity contribution in [3.8, 4) is 0 Å². The van der Waals surface area contributed by atoms with Crippen LogP contribution in [0.3, 0.4) is 0 Å². The molecule has 0 aromatic heterocycles. The Hall–Kier alpha value is -1.43. The van der Waals surface area contributed by atoms with Gasteiger partial charge in [0.15, 0.2) is 0 Å². The lowest BCUT2D eigenvalue weighted by Gasteiger charge is -2.23. The molecule has 2 rings (SSSR count). The Balaban J connectivity index is 1.98. The molecule has 0 amide bonds. The molecule has 0 radical (unpaired) electrons. The van der Waals surface area contributed by atoms with Crippen LogP contribution in [-0.2, 0) is 19.1 Å². The number of carbonyl (C=O) groups is 2. The molecule has 6 heteroatoms. The third-order valence-corrected chi connectivity index (χ3v) is 4.78. The van der Waals surface area contributed by atoms with Crippen LogP contribution in [0.1, 0.15) is 32.6 Å². The van der Waals surface area contributed by atoms with Crippen LogP contribution in [0.4, 0.5) is 0 Å². The second-order valence-corrected chi connectivity index (χ2v) is 6.21. The molecular formula is C16H26N2O4. The fourth-order valence-electron chi connectivity index (χ4n) is 3.51. The zero-order chi connectivity index (χ0) is 16.1. The number of rotatable bonds is 6. The zero-order valence-electron chi connectivity index (χ0n) is 13.7. The lowest BCUT2D eigenvalue weighted by Crippen LogP contribution is -2.32. The van der Waals surface area contributed by atoms with E-state index < -0.39 is 11.9 Å². The number of hydrogen-bond donors (Lipinski definition) is 0. The molecule has 1 aliphatic heterocycles. The number of carbonyl (C=O) groups excluding carboxylic acids is 2. The summed E-state index contributed by atoms with van der Waals surface area (Å²) in [5.74, 6) is -0.979. The second kappa shape index (κ2) is 7.72. The molecule has 0 bridgehead atoms. The minimum Gasteiger partial charge on any atom is -0.468 e. The third kappa shape index (κ3) is 3.66. The van der Waals surface area contributed by atoms with Crippen molar-refractivity contribution >= 4 is 18.0 Å². The Bertz CT molecular complexity index is 438. The summed E-state index contributed by atoms with van der Waals surface area (Å²) in [6.07, 6.45) is 5.28. The van der Waals surface area contributed by atoms with E-state index in [0.29, 0.717) is 19.1 Å². The molecule has 4 atom stereocenters. The Morgan fingerprint density at radius 2 is 2.23 bits per heavy atom. The molecule has 0 spiro atoms. The molecule has 1 saturated heterocycles. The summed E-state index contributed by atoms with van der Waals surface area (Å²) in [5.41, 5.74) is 0. The molecule has 1 saturated carbocycles. The average molecular weight is 310 g/mol. The van der Waals surface area contributed by atoms with Crippen molar-refractivity contribution in [2.75, 3.05) is 27.4 Å². The standard InChI is InChI=1S/C16H26N2O4/c1-11(9-17-18-8-4-5-12(18)10-21-2)13-6-7-14(19)15(13)16(20)22-3/h9,11-13,15H,4-8,10H2,1-3H3/b17-9+/t11-,12+,13-,15-/m1/s1. The summed E-state index contributed by atoms with van der Waals surface area (Å²) in [6, 6.07) is 0.329. The van der Waals surface area contributed by atoms with Crippen molar-refractivity contribution in [3.05, 3.63) is 0 Å². The summed E-state index contributed by atoms with van der Waals surface area (Å²) in [4.78, 5) is 23.7. The maximum absolute atomic E-state index is 11.9. The van der Waals surface area contributed by atoms with Gasteiger partial charge in [-0.15, -0.1) is 0 Å². The van der Waals surface area contributed by atoms with Gasteiger partial charge in [-0.2, -0.15) is 5.10 Å². The summed E-state index contributed by atoms with van der Waals surface area (Å²) < 4.78 is 10.00. The van der Waals surface area contributed by atoms with Crippen LogP contribution in [0.15, 0.2) is 5.10 Å². The lowest BCUT2D eigenvalue weighted by atomic mass is 9.85. The first kappa shape index (κ1) is 16.9. The molecular weight excluding hydrogens is 284 g/mol. The van der Waals surface area contributed by atoms with Gasteiger partial charge in [-0.25, -0.2) is 0 Å². The third-order valence-electron chi connectivity index (χ3n) is 4.78. The predicted molar refractivity (Wildman–Crippen MR) is 82.5 cm³/mol. The van der Waals surface area contributed by atoms with E-state index in [9.17, 15) is 9.59 Å². The van der Waals surface area contributed by atoms with Crippen molar-refractivity contribution < 1.29 is 19.1 Å². The number of esters is 1. The van der Waals surface area contributed by atoms with Gasteiger partial charge in [0.25, 0.3) is 0 Å². The molecule has 1 aliphatic carbocycles. The molecule has 6 nitrogen and oxygen atoms in total. The highest BCUT2D eigenvalue weighted by molar-refractivity contribution is 6.01. The van der Waals surface area contributed by atoms with E-state index in [0.717, 1.165) is 25.8 Å². The quantitative estimate of drug-likeness (QED) is 0.422. The normalized spacial score (nSPS) is 30.2. The molecule has 0 N–H and O–H groups in total. The van der Waals surface area contributed by atoms with E-state index in [1.165, 1.54) is 7.11 Å². The van der Waals surface area contributed by atoms with Gasteiger partial charge in [0.1, 0.15) is 11.7 Å². The number of ketones is 1. The van der Waals surface area contributed by atoms with Gasteiger partial charge in [0.05, 0.1) is 19.8 Å². The monoisotopic (exact) mass is 310 g/mol. The summed E-state index contributed by atoms with van der Waals surface area (Å²) >= 11 is 0. The minimum atomic E-state index is -0.625. The highest BCUT2D eigenvalue weighted by Gasteiger charge is 2.43. The average Bonchev–Trinajstić information content (AvgIpc) is 3.11. The van der Waals surface area contributed by atoms with Gasteiger partial charge >= 0.3 is 5.97 Å². The van der Waals surface area contributed by atoms with Crippen LogP contribution in [-0.4, -0.2) is 56.4 Å². The fourth-order valence-corrected chi connectivity index (χ4v) is 3.51. The number of Topliss-reactive ketones (excluding diaryl/α,β-unsaturated/α-hetero) is 1. The van der Waals surface area contributed by atoms with Gasteiger partial charge in [0, 0.05) is 26.3 Å². The lowest BCUT2D eigenvalue weighted by molar-refractivity contribution is -0.150. The molecule has 2 aliphatic rings. The predicted octanol–water partition coefficient (Wildman–Crippen LogP) is 1.49. The van der Waals surface area contributed by atoms with E-state index in [4.69, 9.17) is 9.47 Å². The zero-order valence-corrected chi connectivity index (χ0v) is 13.7. The Labute approximate surface area is 131 Å². The second-order valence-electron chi connectivity index (χ2n) is 6.21. The highest BCUT2D eigenvalue weighted by Crippen LogP contribution is 2.35. The van der Waals surface area contributed by atoms with Crippen molar-refractivity contribution in [1.82, 2.24) is 5.01 Å². The first-order valence-electron chi connectivity index (χ1n) is 7.98. The molecule has 2 fully saturated rings. The van der Waals surface area contributed by atoms with E-state index >= 15 is 0 Å². The van der Waals surface area contributed by atoms with Crippen molar-refractivity contribution in [1.29, 1.82) is 0 Å². The largest absolute Gasteiger partial charge is 0.468 e. The van der Waals surface area contributed by atoms with Crippen LogP contribution < -0.4 is 0 Å². The molecule has 0 aromatic carbocycles. The van der Waals surface area contributed by atoms with Crippen LogP contribution in [0.5, 0.6) is 0 Å². The molecule has 0 unspecified atom stereocenters. The first-order chi connectivity index (χ1) is 10.6. The number of hydrazone groups is 1. The van der Waals surface area contributed by atoms with Gasteiger partial charge < -0.3 is 9.47 Å². The van der Waals surface area contributed by atoms with Crippen LogP contribution >= 0.6 is 0 Å². The van der Waals surface area contributed by atoms with E-state index in [2.05, 4.69) is 10.1 Å². The first-order valence-corrected chi connectivity index (χ1v) is 7.98. The van der Waals surface area contributed by atoms with Crippen molar-refractivity contribution in [2.45, 2.75) is 38.6 Å². The van der Waals surface area contributed by atoms with Crippen LogP contribution in [0.2, 0.25) is 0 Å². The van der Waals surface area contributed by atoms with Gasteiger partial charge in [-0.05, 0) is 31.1 Å². The minimum absolute atomic E-state index is 0.00414.